The van der Waals surface area contributed by atoms with Crippen molar-refractivity contribution in [1.29, 1.82) is 0 Å². The first-order chi connectivity index (χ1) is 6.94. The summed E-state index contributed by atoms with van der Waals surface area (Å²) in [5.74, 6) is 0.738. The van der Waals surface area contributed by atoms with Crippen LogP contribution in [0.2, 0.25) is 0 Å². The SMILES string of the molecule is CCC(C)(C)Nc1cnc(C(N)=S)cn1. The number of thiocarbonyl (C=S) groups is 1. The van der Waals surface area contributed by atoms with Crippen LogP contribution in [0.15, 0.2) is 12.4 Å². The van der Waals surface area contributed by atoms with Gasteiger partial charge >= 0.3 is 0 Å². The van der Waals surface area contributed by atoms with Gasteiger partial charge in [0, 0.05) is 5.54 Å². The van der Waals surface area contributed by atoms with Gasteiger partial charge in [0.2, 0.25) is 0 Å². The van der Waals surface area contributed by atoms with Gasteiger partial charge in [-0.05, 0) is 20.3 Å². The Hall–Kier alpha value is -1.23. The maximum absolute atomic E-state index is 5.43. The Bertz CT molecular complexity index is 345. The molecule has 0 aliphatic heterocycles. The first kappa shape index (κ1) is 11.8. The predicted octanol–water partition coefficient (Wildman–Crippen LogP) is 1.71. The molecule has 0 atom stereocenters. The highest BCUT2D eigenvalue weighted by Gasteiger charge is 2.14. The van der Waals surface area contributed by atoms with E-state index in [2.05, 4.69) is 36.1 Å². The minimum atomic E-state index is 0.0133. The first-order valence-corrected chi connectivity index (χ1v) is 5.25. The first-order valence-electron chi connectivity index (χ1n) is 4.84. The number of hydrogen-bond donors (Lipinski definition) is 2. The van der Waals surface area contributed by atoms with Crippen LogP contribution in [0.1, 0.15) is 32.9 Å². The summed E-state index contributed by atoms with van der Waals surface area (Å²) in [6.07, 6.45) is 4.23. The molecule has 0 spiro atoms. The summed E-state index contributed by atoms with van der Waals surface area (Å²) in [7, 11) is 0. The zero-order valence-corrected chi connectivity index (χ0v) is 10.1. The molecule has 1 heterocycles. The highest BCUT2D eigenvalue weighted by Crippen LogP contribution is 2.14. The summed E-state index contributed by atoms with van der Waals surface area (Å²) in [5.41, 5.74) is 5.99. The lowest BCUT2D eigenvalue weighted by Crippen LogP contribution is -2.30. The predicted molar refractivity (Wildman–Crippen MR) is 65.9 cm³/mol. The summed E-state index contributed by atoms with van der Waals surface area (Å²) in [6.45, 7) is 6.33. The van der Waals surface area contributed by atoms with Gasteiger partial charge in [-0.3, -0.25) is 0 Å². The molecule has 0 aromatic carbocycles. The molecular weight excluding hydrogens is 208 g/mol. The molecule has 0 unspecified atom stereocenters. The highest BCUT2D eigenvalue weighted by molar-refractivity contribution is 7.80. The maximum atomic E-state index is 5.43. The molecule has 1 aromatic rings. The minimum absolute atomic E-state index is 0.0133. The van der Waals surface area contributed by atoms with Crippen LogP contribution in [0, 0.1) is 0 Å². The van der Waals surface area contributed by atoms with Gasteiger partial charge in [0.15, 0.2) is 0 Å². The summed E-state index contributed by atoms with van der Waals surface area (Å²) in [6, 6.07) is 0. The number of aromatic nitrogens is 2. The molecule has 0 fully saturated rings. The molecule has 0 saturated heterocycles. The van der Waals surface area contributed by atoms with Gasteiger partial charge in [-0.1, -0.05) is 19.1 Å². The van der Waals surface area contributed by atoms with Gasteiger partial charge in [-0.25, -0.2) is 9.97 Å². The van der Waals surface area contributed by atoms with Crippen LogP contribution in [0.4, 0.5) is 5.82 Å². The van der Waals surface area contributed by atoms with E-state index in [1.807, 2.05) is 0 Å². The zero-order chi connectivity index (χ0) is 11.5. The van der Waals surface area contributed by atoms with Crippen molar-refractivity contribution >= 4 is 23.0 Å². The van der Waals surface area contributed by atoms with Crippen molar-refractivity contribution in [2.75, 3.05) is 5.32 Å². The van der Waals surface area contributed by atoms with Gasteiger partial charge in [0.25, 0.3) is 0 Å². The van der Waals surface area contributed by atoms with Crippen LogP contribution < -0.4 is 11.1 Å². The van der Waals surface area contributed by atoms with E-state index in [4.69, 9.17) is 18.0 Å². The zero-order valence-electron chi connectivity index (χ0n) is 9.24. The van der Waals surface area contributed by atoms with Crippen molar-refractivity contribution in [1.82, 2.24) is 9.97 Å². The van der Waals surface area contributed by atoms with Crippen molar-refractivity contribution in [3.05, 3.63) is 18.1 Å². The molecule has 0 radical (unpaired) electrons. The summed E-state index contributed by atoms with van der Waals surface area (Å²) >= 11 is 4.79. The molecule has 1 rings (SSSR count). The fourth-order valence-electron chi connectivity index (χ4n) is 0.955. The van der Waals surface area contributed by atoms with Crippen molar-refractivity contribution in [2.45, 2.75) is 32.7 Å². The molecule has 15 heavy (non-hydrogen) atoms. The van der Waals surface area contributed by atoms with E-state index in [-0.39, 0.29) is 10.5 Å². The molecule has 3 N–H and O–H groups in total. The van der Waals surface area contributed by atoms with Crippen molar-refractivity contribution < 1.29 is 0 Å². The monoisotopic (exact) mass is 224 g/mol. The van der Waals surface area contributed by atoms with Crippen LogP contribution in [-0.2, 0) is 0 Å². The molecule has 0 aliphatic carbocycles. The van der Waals surface area contributed by atoms with Crippen LogP contribution in [-0.4, -0.2) is 20.5 Å². The van der Waals surface area contributed by atoms with Gasteiger partial charge in [-0.15, -0.1) is 0 Å². The lowest BCUT2D eigenvalue weighted by atomic mass is 10.0. The minimum Gasteiger partial charge on any atom is -0.388 e. The maximum Gasteiger partial charge on any atom is 0.144 e. The van der Waals surface area contributed by atoms with E-state index in [0.717, 1.165) is 12.2 Å². The lowest BCUT2D eigenvalue weighted by Gasteiger charge is -2.24. The number of nitrogens with zero attached hydrogens (tertiary/aromatic N) is 2. The Kier molecular flexibility index (Phi) is 3.57. The van der Waals surface area contributed by atoms with E-state index in [9.17, 15) is 0 Å². The second-order valence-corrected chi connectivity index (χ2v) is 4.45. The van der Waals surface area contributed by atoms with E-state index in [1.54, 1.807) is 12.4 Å². The van der Waals surface area contributed by atoms with Gasteiger partial charge in [-0.2, -0.15) is 0 Å². The van der Waals surface area contributed by atoms with E-state index >= 15 is 0 Å². The average molecular weight is 224 g/mol. The Morgan fingerprint density at radius 3 is 2.53 bits per heavy atom. The molecule has 0 bridgehead atoms. The topological polar surface area (TPSA) is 63.8 Å². The van der Waals surface area contributed by atoms with E-state index in [1.165, 1.54) is 0 Å². The molecular formula is C10H16N4S. The number of nitrogens with two attached hydrogens (primary N) is 1. The highest BCUT2D eigenvalue weighted by atomic mass is 32.1. The quantitative estimate of drug-likeness (QED) is 0.762. The van der Waals surface area contributed by atoms with Gasteiger partial charge in [0.05, 0.1) is 12.4 Å². The fraction of sp³-hybridized carbons (Fsp3) is 0.500. The molecule has 0 amide bonds. The van der Waals surface area contributed by atoms with Gasteiger partial charge in [0.1, 0.15) is 16.5 Å². The van der Waals surface area contributed by atoms with Crippen molar-refractivity contribution in [2.24, 2.45) is 5.73 Å². The van der Waals surface area contributed by atoms with Crippen molar-refractivity contribution in [3.63, 3.8) is 0 Å². The van der Waals surface area contributed by atoms with E-state index < -0.39 is 0 Å². The Morgan fingerprint density at radius 2 is 2.13 bits per heavy atom. The summed E-state index contributed by atoms with van der Waals surface area (Å²) < 4.78 is 0. The molecule has 4 nitrogen and oxygen atoms in total. The Morgan fingerprint density at radius 1 is 1.47 bits per heavy atom. The Labute approximate surface area is 95.3 Å². The van der Waals surface area contributed by atoms with Crippen molar-refractivity contribution in [3.8, 4) is 0 Å². The smallest absolute Gasteiger partial charge is 0.144 e. The van der Waals surface area contributed by atoms with Gasteiger partial charge < -0.3 is 11.1 Å². The van der Waals surface area contributed by atoms with Crippen LogP contribution in [0.3, 0.4) is 0 Å². The van der Waals surface area contributed by atoms with E-state index in [0.29, 0.717) is 5.69 Å². The van der Waals surface area contributed by atoms with Crippen LogP contribution >= 0.6 is 12.2 Å². The van der Waals surface area contributed by atoms with Crippen LogP contribution in [0.25, 0.3) is 0 Å². The molecule has 5 heteroatoms. The second-order valence-electron chi connectivity index (χ2n) is 4.01. The molecule has 0 saturated carbocycles. The third-order valence-electron chi connectivity index (χ3n) is 2.25. The molecule has 0 aliphatic rings. The molecule has 1 aromatic heterocycles. The molecule has 82 valence electrons. The summed E-state index contributed by atoms with van der Waals surface area (Å²) in [4.78, 5) is 8.56. The fourth-order valence-corrected chi connectivity index (χ4v) is 1.06. The number of anilines is 1. The summed E-state index contributed by atoms with van der Waals surface area (Å²) in [5, 5.41) is 3.28. The Balaban J connectivity index is 2.77. The third-order valence-corrected chi connectivity index (χ3v) is 2.46. The van der Waals surface area contributed by atoms with Crippen LogP contribution in [0.5, 0.6) is 0 Å². The third kappa shape index (κ3) is 3.43. The lowest BCUT2D eigenvalue weighted by molar-refractivity contribution is 0.544. The number of nitrogens with one attached hydrogen (secondary N) is 1. The largest absolute Gasteiger partial charge is 0.388 e. The second kappa shape index (κ2) is 4.53. The number of rotatable bonds is 4. The average Bonchev–Trinajstić information content (AvgIpc) is 2.18. The number of hydrogen-bond acceptors (Lipinski definition) is 4. The normalized spacial score (nSPS) is 11.1. The standard InChI is InChI=1S/C10H16N4S/c1-4-10(2,3)14-8-6-12-7(5-13-8)9(11)15/h5-6H,4H2,1-3H3,(H2,11,15)(H,13,14).